The number of para-hydroxylation sites is 1. The summed E-state index contributed by atoms with van der Waals surface area (Å²) in [7, 11) is 3.81. The van der Waals surface area contributed by atoms with Crippen molar-refractivity contribution in [3.05, 3.63) is 87.7 Å². The number of hydrogen-bond donors (Lipinski definition) is 0. The van der Waals surface area contributed by atoms with E-state index in [1.807, 2.05) is 49.3 Å². The van der Waals surface area contributed by atoms with Crippen LogP contribution in [0, 0.1) is 11.3 Å². The van der Waals surface area contributed by atoms with Gasteiger partial charge in [-0.15, -0.1) is 0 Å². The summed E-state index contributed by atoms with van der Waals surface area (Å²) in [4.78, 5) is 20.1. The zero-order chi connectivity index (χ0) is 25.2. The second-order valence-electron chi connectivity index (χ2n) is 8.17. The van der Waals surface area contributed by atoms with Crippen LogP contribution in [0.25, 0.3) is 33.5 Å². The van der Waals surface area contributed by atoms with Crippen LogP contribution in [-0.2, 0) is 0 Å². The van der Waals surface area contributed by atoms with Gasteiger partial charge in [-0.25, -0.2) is 4.98 Å². The smallest absolute Gasteiger partial charge is 0.282 e. The van der Waals surface area contributed by atoms with E-state index in [1.165, 1.54) is 10.9 Å². The Morgan fingerprint density at radius 3 is 2.81 bits per heavy atom. The molecule has 0 N–H and O–H groups in total. The highest BCUT2D eigenvalue weighted by molar-refractivity contribution is 6.31. The standard InChI is InChI=1S/C27H20ClN5O3/c1-32(2)20-9-7-17(24(15-20)35-12-11-29)16-30-33-26(31-22-6-4-3-5-21(22)27(33)34)25-14-18-13-19(28)8-10-23(18)36-25/h3-10,13-16H,12H2,1-2H3. The minimum atomic E-state index is -0.352. The first-order valence-corrected chi connectivity index (χ1v) is 11.4. The predicted molar refractivity (Wildman–Crippen MR) is 141 cm³/mol. The summed E-state index contributed by atoms with van der Waals surface area (Å²) in [5, 5.41) is 15.2. The maximum Gasteiger partial charge on any atom is 0.282 e. The number of halogens is 1. The van der Waals surface area contributed by atoms with Gasteiger partial charge in [-0.1, -0.05) is 23.7 Å². The molecule has 0 unspecified atom stereocenters. The number of nitrogens with zero attached hydrogens (tertiary/aromatic N) is 5. The topological polar surface area (TPSA) is 96.7 Å². The van der Waals surface area contributed by atoms with E-state index in [1.54, 1.807) is 42.5 Å². The average Bonchev–Trinajstić information content (AvgIpc) is 3.30. The molecule has 0 atom stereocenters. The number of ether oxygens (including phenoxy) is 1. The Kier molecular flexibility index (Phi) is 6.15. The number of rotatable bonds is 6. The first-order valence-electron chi connectivity index (χ1n) is 11.0. The first-order chi connectivity index (χ1) is 17.4. The third-order valence-corrected chi connectivity index (χ3v) is 5.81. The normalized spacial score (nSPS) is 11.3. The van der Waals surface area contributed by atoms with Crippen molar-refractivity contribution in [2.75, 3.05) is 25.6 Å². The van der Waals surface area contributed by atoms with Crippen LogP contribution in [0.3, 0.4) is 0 Å². The van der Waals surface area contributed by atoms with Gasteiger partial charge < -0.3 is 14.1 Å². The van der Waals surface area contributed by atoms with Crippen LogP contribution in [0.1, 0.15) is 5.56 Å². The fourth-order valence-corrected chi connectivity index (χ4v) is 3.96. The van der Waals surface area contributed by atoms with E-state index < -0.39 is 0 Å². The largest absolute Gasteiger partial charge is 0.478 e. The van der Waals surface area contributed by atoms with Crippen molar-refractivity contribution in [1.29, 1.82) is 5.26 Å². The Morgan fingerprint density at radius 1 is 1.17 bits per heavy atom. The molecule has 0 saturated heterocycles. The Hall–Kier alpha value is -4.61. The molecule has 0 amide bonds. The molecule has 0 bridgehead atoms. The van der Waals surface area contributed by atoms with Crippen LogP contribution in [-0.4, -0.2) is 36.6 Å². The second kappa shape index (κ2) is 9.56. The zero-order valence-corrected chi connectivity index (χ0v) is 20.2. The lowest BCUT2D eigenvalue weighted by atomic mass is 10.2. The van der Waals surface area contributed by atoms with Gasteiger partial charge in [-0.05, 0) is 48.5 Å². The minimum Gasteiger partial charge on any atom is -0.478 e. The molecule has 0 aliphatic carbocycles. The number of nitriles is 1. The summed E-state index contributed by atoms with van der Waals surface area (Å²) in [5.41, 5.74) is 2.27. The fourth-order valence-electron chi connectivity index (χ4n) is 3.78. The molecule has 2 aromatic heterocycles. The van der Waals surface area contributed by atoms with Crippen LogP contribution >= 0.6 is 11.6 Å². The van der Waals surface area contributed by atoms with Gasteiger partial charge in [0.05, 0.1) is 17.1 Å². The number of benzene rings is 3. The van der Waals surface area contributed by atoms with Gasteiger partial charge in [0.15, 0.2) is 12.4 Å². The van der Waals surface area contributed by atoms with Gasteiger partial charge in [0.2, 0.25) is 5.82 Å². The van der Waals surface area contributed by atoms with E-state index in [9.17, 15) is 4.79 Å². The number of furan rings is 1. The molecule has 0 saturated carbocycles. The molecule has 3 aromatic carbocycles. The van der Waals surface area contributed by atoms with Crippen LogP contribution in [0.15, 0.2) is 81.0 Å². The molecule has 36 heavy (non-hydrogen) atoms. The lowest BCUT2D eigenvalue weighted by Crippen LogP contribution is -2.20. The molecule has 5 aromatic rings. The van der Waals surface area contributed by atoms with Crippen molar-refractivity contribution in [2.45, 2.75) is 0 Å². The quantitative estimate of drug-likeness (QED) is 0.295. The summed E-state index contributed by atoms with van der Waals surface area (Å²) in [6, 6.07) is 21.6. The van der Waals surface area contributed by atoms with E-state index in [0.717, 1.165) is 11.1 Å². The molecule has 0 radical (unpaired) electrons. The van der Waals surface area contributed by atoms with Gasteiger partial charge in [-0.3, -0.25) is 4.79 Å². The van der Waals surface area contributed by atoms with Gasteiger partial charge in [0.1, 0.15) is 17.4 Å². The molecule has 0 fully saturated rings. The zero-order valence-electron chi connectivity index (χ0n) is 19.5. The Balaban J connectivity index is 1.68. The number of anilines is 1. The maximum absolute atomic E-state index is 13.5. The van der Waals surface area contributed by atoms with Gasteiger partial charge in [0.25, 0.3) is 5.56 Å². The maximum atomic E-state index is 13.5. The SMILES string of the molecule is CN(C)c1ccc(C=Nn2c(-c3cc4cc(Cl)ccc4o3)nc3ccccc3c2=O)c(OCC#N)c1. The second-order valence-corrected chi connectivity index (χ2v) is 8.61. The molecule has 5 rings (SSSR count). The molecular weight excluding hydrogens is 478 g/mol. The van der Waals surface area contributed by atoms with E-state index >= 15 is 0 Å². The van der Waals surface area contributed by atoms with Crippen molar-refractivity contribution in [3.8, 4) is 23.4 Å². The van der Waals surface area contributed by atoms with E-state index in [0.29, 0.717) is 38.6 Å². The Labute approximate surface area is 211 Å². The highest BCUT2D eigenvalue weighted by Crippen LogP contribution is 2.29. The first kappa shape index (κ1) is 23.1. The third-order valence-electron chi connectivity index (χ3n) is 5.57. The van der Waals surface area contributed by atoms with Gasteiger partial charge in [0, 0.05) is 41.8 Å². The lowest BCUT2D eigenvalue weighted by Gasteiger charge is -2.15. The monoisotopic (exact) mass is 497 g/mol. The third kappa shape index (κ3) is 4.40. The minimum absolute atomic E-state index is 0.123. The number of hydrogen-bond acceptors (Lipinski definition) is 7. The van der Waals surface area contributed by atoms with Crippen molar-refractivity contribution in [2.24, 2.45) is 5.10 Å². The molecule has 0 spiro atoms. The Bertz CT molecular complexity index is 1730. The molecule has 2 heterocycles. The van der Waals surface area contributed by atoms with E-state index in [2.05, 4.69) is 10.1 Å². The average molecular weight is 498 g/mol. The van der Waals surface area contributed by atoms with Crippen molar-refractivity contribution in [3.63, 3.8) is 0 Å². The summed E-state index contributed by atoms with van der Waals surface area (Å²) in [6.07, 6.45) is 1.51. The highest BCUT2D eigenvalue weighted by Gasteiger charge is 2.17. The molecule has 8 nitrogen and oxygen atoms in total. The summed E-state index contributed by atoms with van der Waals surface area (Å²) in [5.74, 6) is 1.08. The van der Waals surface area contributed by atoms with Crippen LogP contribution in [0.4, 0.5) is 5.69 Å². The molecule has 9 heteroatoms. The summed E-state index contributed by atoms with van der Waals surface area (Å²) < 4.78 is 12.8. The predicted octanol–water partition coefficient (Wildman–Crippen LogP) is 5.31. The molecule has 178 valence electrons. The Morgan fingerprint density at radius 2 is 2.00 bits per heavy atom. The van der Waals surface area contributed by atoms with E-state index in [4.69, 9.17) is 26.0 Å². The van der Waals surface area contributed by atoms with Crippen LogP contribution in [0.5, 0.6) is 5.75 Å². The van der Waals surface area contributed by atoms with Gasteiger partial charge >= 0.3 is 0 Å². The lowest BCUT2D eigenvalue weighted by molar-refractivity contribution is 0.367. The van der Waals surface area contributed by atoms with Crippen molar-refractivity contribution < 1.29 is 9.15 Å². The molecule has 0 aliphatic rings. The molecule has 0 aliphatic heterocycles. The summed E-state index contributed by atoms with van der Waals surface area (Å²) >= 11 is 6.14. The van der Waals surface area contributed by atoms with Crippen molar-refractivity contribution >= 4 is 45.4 Å². The number of aromatic nitrogens is 2. The number of fused-ring (bicyclic) bond motifs is 2. The van der Waals surface area contributed by atoms with Crippen LogP contribution in [0.2, 0.25) is 5.02 Å². The van der Waals surface area contributed by atoms with Crippen molar-refractivity contribution in [1.82, 2.24) is 9.66 Å². The van der Waals surface area contributed by atoms with Gasteiger partial charge in [-0.2, -0.15) is 15.0 Å². The molecular formula is C27H20ClN5O3. The summed E-state index contributed by atoms with van der Waals surface area (Å²) in [6.45, 7) is -0.123. The highest BCUT2D eigenvalue weighted by atomic mass is 35.5. The fraction of sp³-hybridized carbons (Fsp3) is 0.111. The van der Waals surface area contributed by atoms with E-state index in [-0.39, 0.29) is 18.0 Å². The van der Waals surface area contributed by atoms with Crippen LogP contribution < -0.4 is 15.2 Å².